The summed E-state index contributed by atoms with van der Waals surface area (Å²) in [5.74, 6) is 0.672. The largest absolute Gasteiger partial charge is 0.497 e. The van der Waals surface area contributed by atoms with Crippen molar-refractivity contribution in [3.8, 4) is 5.75 Å². The molecule has 0 saturated carbocycles. The van der Waals surface area contributed by atoms with E-state index in [1.807, 2.05) is 0 Å². The van der Waals surface area contributed by atoms with Crippen LogP contribution in [-0.2, 0) is 15.7 Å². The lowest BCUT2D eigenvalue weighted by atomic mass is 10.2. The molecule has 0 spiro atoms. The van der Waals surface area contributed by atoms with Crippen LogP contribution in [0.5, 0.6) is 5.75 Å². The van der Waals surface area contributed by atoms with Crippen LogP contribution in [0.2, 0.25) is 0 Å². The van der Waals surface area contributed by atoms with E-state index >= 15 is 0 Å². The molecule has 0 aliphatic heterocycles. The zero-order valence-electron chi connectivity index (χ0n) is 8.08. The lowest BCUT2D eigenvalue weighted by Crippen LogP contribution is -2.12. The van der Waals surface area contributed by atoms with Crippen LogP contribution in [0, 0.1) is 0 Å². The number of benzene rings is 1. The summed E-state index contributed by atoms with van der Waals surface area (Å²) in [6.45, 7) is 0.183. The smallest absolute Gasteiger partial charge is 0.486 e. The minimum absolute atomic E-state index is 0.183. The van der Waals surface area contributed by atoms with Gasteiger partial charge < -0.3 is 14.5 Å². The molecule has 84 valence electrons. The monoisotopic (exact) mass is 233 g/mol. The average Bonchev–Trinajstić information content (AvgIpc) is 2.16. The lowest BCUT2D eigenvalue weighted by molar-refractivity contribution is 0.121. The number of hydrogen-bond donors (Lipinski definition) is 3. The highest BCUT2D eigenvalue weighted by Gasteiger charge is 2.13. The van der Waals surface area contributed by atoms with Crippen molar-refractivity contribution in [3.05, 3.63) is 29.8 Å². The van der Waals surface area contributed by atoms with Crippen LogP contribution in [0.4, 0.5) is 0 Å². The molecule has 15 heavy (non-hydrogen) atoms. The van der Waals surface area contributed by atoms with Gasteiger partial charge in [-0.1, -0.05) is 12.1 Å². The van der Waals surface area contributed by atoms with Gasteiger partial charge >= 0.3 is 7.82 Å². The molecule has 0 heterocycles. The van der Waals surface area contributed by atoms with E-state index in [0.717, 1.165) is 5.56 Å². The van der Waals surface area contributed by atoms with E-state index in [0.29, 0.717) is 5.75 Å². The van der Waals surface area contributed by atoms with Crippen molar-refractivity contribution in [3.63, 3.8) is 0 Å². The van der Waals surface area contributed by atoms with Gasteiger partial charge in [0.2, 0.25) is 0 Å². The molecular weight excluding hydrogens is 221 g/mol. The van der Waals surface area contributed by atoms with Crippen molar-refractivity contribution in [2.24, 2.45) is 0 Å². The third-order valence-electron chi connectivity index (χ3n) is 1.59. The summed E-state index contributed by atoms with van der Waals surface area (Å²) in [4.78, 5) is 16.8. The van der Waals surface area contributed by atoms with Crippen molar-refractivity contribution < 1.29 is 23.7 Å². The van der Waals surface area contributed by atoms with E-state index in [-0.39, 0.29) is 6.54 Å². The fourth-order valence-electron chi connectivity index (χ4n) is 0.982. The molecule has 0 saturated heterocycles. The Morgan fingerprint density at radius 2 is 2.20 bits per heavy atom. The Bertz CT molecular complexity index is 364. The Morgan fingerprint density at radius 1 is 1.47 bits per heavy atom. The molecule has 1 aromatic carbocycles. The first-order valence-electron chi connectivity index (χ1n) is 4.11. The summed E-state index contributed by atoms with van der Waals surface area (Å²) in [6, 6.07) is 7.05. The maximum absolute atomic E-state index is 10.3. The second-order valence-electron chi connectivity index (χ2n) is 2.75. The van der Waals surface area contributed by atoms with E-state index in [4.69, 9.17) is 14.5 Å². The summed E-state index contributed by atoms with van der Waals surface area (Å²) in [5.41, 5.74) is 2.97. The van der Waals surface area contributed by atoms with E-state index < -0.39 is 7.82 Å². The van der Waals surface area contributed by atoms with Crippen molar-refractivity contribution >= 4 is 7.82 Å². The maximum atomic E-state index is 10.3. The number of hydrogen-bond acceptors (Lipinski definition) is 4. The SMILES string of the molecule is COc1cccc(CNOP(=O)(O)O)c1. The predicted octanol–water partition coefficient (Wildman–Crippen LogP) is 0.809. The Hall–Kier alpha value is -0.910. The van der Waals surface area contributed by atoms with E-state index in [1.54, 1.807) is 31.4 Å². The summed E-state index contributed by atoms with van der Waals surface area (Å²) in [7, 11) is -2.92. The van der Waals surface area contributed by atoms with Crippen LogP contribution in [0.25, 0.3) is 0 Å². The highest BCUT2D eigenvalue weighted by molar-refractivity contribution is 7.46. The number of ether oxygens (including phenoxy) is 1. The summed E-state index contributed by atoms with van der Waals surface area (Å²) in [6.07, 6.45) is 0. The van der Waals surface area contributed by atoms with Gasteiger partial charge in [0.15, 0.2) is 0 Å². The van der Waals surface area contributed by atoms with Gasteiger partial charge in [0.05, 0.1) is 7.11 Å². The van der Waals surface area contributed by atoms with Crippen LogP contribution < -0.4 is 10.2 Å². The predicted molar refractivity (Wildman–Crippen MR) is 53.0 cm³/mol. The molecule has 0 amide bonds. The van der Waals surface area contributed by atoms with Crippen molar-refractivity contribution in [2.45, 2.75) is 6.54 Å². The first-order valence-corrected chi connectivity index (χ1v) is 5.64. The first-order chi connectivity index (χ1) is 7.01. The Kier molecular flexibility index (Phi) is 4.26. The molecule has 0 unspecified atom stereocenters. The zero-order chi connectivity index (χ0) is 11.3. The topological polar surface area (TPSA) is 88.0 Å². The molecule has 1 rings (SSSR count). The fourth-order valence-corrected chi connectivity index (χ4v) is 1.21. The Labute approximate surface area is 87.0 Å². The minimum Gasteiger partial charge on any atom is -0.497 e. The molecule has 0 fully saturated rings. The maximum Gasteiger partial charge on any atom is 0.486 e. The summed E-state index contributed by atoms with van der Waals surface area (Å²) < 4.78 is 19.4. The van der Waals surface area contributed by atoms with Crippen molar-refractivity contribution in [1.29, 1.82) is 0 Å². The van der Waals surface area contributed by atoms with Gasteiger partial charge in [-0.3, -0.25) is 0 Å². The molecule has 0 atom stereocenters. The zero-order valence-corrected chi connectivity index (χ0v) is 8.98. The second-order valence-corrected chi connectivity index (χ2v) is 3.92. The number of methoxy groups -OCH3 is 1. The van der Waals surface area contributed by atoms with Gasteiger partial charge in [-0.2, -0.15) is 10.1 Å². The minimum atomic E-state index is -4.46. The van der Waals surface area contributed by atoms with E-state index in [2.05, 4.69) is 10.1 Å². The normalized spacial score (nSPS) is 11.4. The molecule has 0 radical (unpaired) electrons. The third-order valence-corrected chi connectivity index (χ3v) is 1.96. The van der Waals surface area contributed by atoms with Crippen LogP contribution >= 0.6 is 7.82 Å². The number of phosphoric acid groups is 1. The van der Waals surface area contributed by atoms with Crippen LogP contribution in [-0.4, -0.2) is 16.9 Å². The number of hydroxylamine groups is 1. The van der Waals surface area contributed by atoms with E-state index in [1.165, 1.54) is 0 Å². The quantitative estimate of drug-likeness (QED) is 0.515. The van der Waals surface area contributed by atoms with E-state index in [9.17, 15) is 4.57 Å². The average molecular weight is 233 g/mol. The molecule has 0 aliphatic carbocycles. The molecular formula is C8H12NO5P. The first kappa shape index (κ1) is 12.2. The number of nitrogens with one attached hydrogen (secondary N) is 1. The van der Waals surface area contributed by atoms with Crippen LogP contribution in [0.1, 0.15) is 5.56 Å². The third kappa shape index (κ3) is 4.92. The second kappa shape index (κ2) is 5.25. The van der Waals surface area contributed by atoms with Crippen molar-refractivity contribution in [2.75, 3.05) is 7.11 Å². The number of rotatable bonds is 5. The fraction of sp³-hybridized carbons (Fsp3) is 0.250. The molecule has 6 nitrogen and oxygen atoms in total. The molecule has 3 N–H and O–H groups in total. The Balaban J connectivity index is 2.47. The summed E-state index contributed by atoms with van der Waals surface area (Å²) in [5, 5.41) is 0. The molecule has 0 bridgehead atoms. The van der Waals surface area contributed by atoms with Crippen molar-refractivity contribution in [1.82, 2.24) is 5.48 Å². The molecule has 7 heteroatoms. The lowest BCUT2D eigenvalue weighted by Gasteiger charge is -2.07. The highest BCUT2D eigenvalue weighted by Crippen LogP contribution is 2.33. The molecule has 0 aliphatic rings. The summed E-state index contributed by atoms with van der Waals surface area (Å²) >= 11 is 0. The van der Waals surface area contributed by atoms with Gasteiger partial charge in [0.25, 0.3) is 0 Å². The van der Waals surface area contributed by atoms with Gasteiger partial charge in [-0.05, 0) is 17.7 Å². The van der Waals surface area contributed by atoms with Crippen LogP contribution in [0.3, 0.4) is 0 Å². The van der Waals surface area contributed by atoms with Gasteiger partial charge in [-0.15, -0.1) is 0 Å². The van der Waals surface area contributed by atoms with Crippen LogP contribution in [0.15, 0.2) is 24.3 Å². The van der Waals surface area contributed by atoms with Gasteiger partial charge in [-0.25, -0.2) is 4.57 Å². The molecule has 1 aromatic rings. The van der Waals surface area contributed by atoms with Gasteiger partial charge in [0.1, 0.15) is 5.75 Å². The Morgan fingerprint density at radius 3 is 2.80 bits per heavy atom. The highest BCUT2D eigenvalue weighted by atomic mass is 31.2. The molecule has 0 aromatic heterocycles. The standard InChI is InChI=1S/C8H12NO5P/c1-13-8-4-2-3-7(5-8)6-9-14-15(10,11)12/h2-5,9H,6H2,1H3,(H2,10,11,12). The van der Waals surface area contributed by atoms with Gasteiger partial charge in [0, 0.05) is 6.54 Å².